The lowest BCUT2D eigenvalue weighted by Crippen LogP contribution is -2.46. The Bertz CT molecular complexity index is 996. The minimum absolute atomic E-state index is 0.0391. The van der Waals surface area contributed by atoms with Gasteiger partial charge in [0.15, 0.2) is 0 Å². The number of anilines is 3. The second-order valence-corrected chi connectivity index (χ2v) is 8.69. The van der Waals surface area contributed by atoms with Gasteiger partial charge in [-0.05, 0) is 19.3 Å². The molecule has 2 aliphatic heterocycles. The molecule has 1 amide bonds. The minimum atomic E-state index is -0.728. The van der Waals surface area contributed by atoms with Crippen LogP contribution in [0.25, 0.3) is 11.3 Å². The van der Waals surface area contributed by atoms with Crippen LogP contribution in [0.5, 0.6) is 0 Å². The maximum Gasteiger partial charge on any atom is 0.410 e. The molecule has 12 nitrogen and oxygen atoms in total. The molecule has 1 aliphatic carbocycles. The number of hydrogen-bond acceptors (Lipinski definition) is 11. The Balaban J connectivity index is 1.41. The van der Waals surface area contributed by atoms with E-state index in [1.807, 2.05) is 0 Å². The van der Waals surface area contributed by atoms with Gasteiger partial charge in [-0.25, -0.2) is 19.7 Å². The molecule has 0 unspecified atom stereocenters. The summed E-state index contributed by atoms with van der Waals surface area (Å²) in [6.45, 7) is 3.21. The number of rotatable bonds is 6. The third-order valence-electron chi connectivity index (χ3n) is 6.08. The number of ether oxygens (including phenoxy) is 2. The van der Waals surface area contributed by atoms with Gasteiger partial charge in [0.05, 0.1) is 31.1 Å². The lowest BCUT2D eigenvalue weighted by molar-refractivity contribution is 0.100. The summed E-state index contributed by atoms with van der Waals surface area (Å²) in [5.74, 6) is 1.28. The van der Waals surface area contributed by atoms with Gasteiger partial charge < -0.3 is 35.4 Å². The van der Waals surface area contributed by atoms with E-state index in [0.29, 0.717) is 68.8 Å². The fourth-order valence-electron chi connectivity index (χ4n) is 4.00. The standard InChI is InChI=1S/C21H28N8O4/c22-18-23-10-14(11-24-18)16-9-17(26-19(25-16)28-5-7-32-8-6-28)27-21(13-30)3-4-29(12-21)20(31)33-15-1-2-15/h9-11,15,30H,1-8,12-13H2,(H2,22,23,24)(H,25,26,27)/t21-/m0/s1. The molecule has 33 heavy (non-hydrogen) atoms. The highest BCUT2D eigenvalue weighted by Gasteiger charge is 2.42. The third kappa shape index (κ3) is 4.91. The summed E-state index contributed by atoms with van der Waals surface area (Å²) in [6.07, 6.45) is 5.36. The average Bonchev–Trinajstić information content (AvgIpc) is 3.56. The highest BCUT2D eigenvalue weighted by Crippen LogP contribution is 2.31. The van der Waals surface area contributed by atoms with Crippen LogP contribution in [0.4, 0.5) is 22.5 Å². The molecule has 0 bridgehead atoms. The van der Waals surface area contributed by atoms with Crippen molar-refractivity contribution in [2.75, 3.05) is 62.0 Å². The molecule has 0 radical (unpaired) electrons. The molecule has 4 heterocycles. The van der Waals surface area contributed by atoms with E-state index in [1.165, 1.54) is 0 Å². The first-order valence-electron chi connectivity index (χ1n) is 11.2. The zero-order valence-corrected chi connectivity index (χ0v) is 18.3. The number of aliphatic hydroxyl groups is 1. The quantitative estimate of drug-likeness (QED) is 0.557. The summed E-state index contributed by atoms with van der Waals surface area (Å²) < 4.78 is 10.9. The monoisotopic (exact) mass is 456 g/mol. The van der Waals surface area contributed by atoms with Gasteiger partial charge in [0, 0.05) is 50.2 Å². The van der Waals surface area contributed by atoms with Crippen molar-refractivity contribution >= 4 is 23.8 Å². The largest absolute Gasteiger partial charge is 0.446 e. The fraction of sp³-hybridized carbons (Fsp3) is 0.571. The lowest BCUT2D eigenvalue weighted by atomic mass is 10.00. The molecule has 3 fully saturated rings. The maximum atomic E-state index is 12.4. The van der Waals surface area contributed by atoms with Crippen LogP contribution in [0, 0.1) is 0 Å². The van der Waals surface area contributed by atoms with Crippen molar-refractivity contribution < 1.29 is 19.4 Å². The molecule has 12 heteroatoms. The lowest BCUT2D eigenvalue weighted by Gasteiger charge is -2.31. The minimum Gasteiger partial charge on any atom is -0.446 e. The Morgan fingerprint density at radius 3 is 2.70 bits per heavy atom. The van der Waals surface area contributed by atoms with E-state index in [1.54, 1.807) is 23.4 Å². The summed E-state index contributed by atoms with van der Waals surface area (Å²) in [5, 5.41) is 13.6. The zero-order valence-electron chi connectivity index (χ0n) is 18.3. The van der Waals surface area contributed by atoms with Crippen molar-refractivity contribution in [3.8, 4) is 11.3 Å². The number of hydrogen-bond donors (Lipinski definition) is 3. The van der Waals surface area contributed by atoms with Gasteiger partial charge in [-0.3, -0.25) is 0 Å². The molecule has 0 spiro atoms. The van der Waals surface area contributed by atoms with Gasteiger partial charge in [-0.2, -0.15) is 4.98 Å². The fourth-order valence-corrected chi connectivity index (χ4v) is 4.00. The maximum absolute atomic E-state index is 12.4. The van der Waals surface area contributed by atoms with Gasteiger partial charge in [0.25, 0.3) is 0 Å². The number of likely N-dealkylation sites (tertiary alicyclic amines) is 1. The smallest absolute Gasteiger partial charge is 0.410 e. The normalized spacial score (nSPS) is 22.9. The third-order valence-corrected chi connectivity index (χ3v) is 6.08. The van der Waals surface area contributed by atoms with Gasteiger partial charge in [0.2, 0.25) is 11.9 Å². The van der Waals surface area contributed by atoms with Crippen LogP contribution in [0.2, 0.25) is 0 Å². The molecule has 5 rings (SSSR count). The molecule has 3 aliphatic rings. The first-order valence-corrected chi connectivity index (χ1v) is 11.2. The summed E-state index contributed by atoms with van der Waals surface area (Å²) in [6, 6.07) is 1.79. The van der Waals surface area contributed by atoms with Crippen molar-refractivity contribution in [2.24, 2.45) is 0 Å². The molecule has 2 aromatic rings. The molecule has 2 aromatic heterocycles. The predicted molar refractivity (Wildman–Crippen MR) is 120 cm³/mol. The van der Waals surface area contributed by atoms with Crippen molar-refractivity contribution in [1.82, 2.24) is 24.8 Å². The first kappa shape index (κ1) is 21.6. The summed E-state index contributed by atoms with van der Waals surface area (Å²) in [5.41, 5.74) is 6.24. The molecule has 1 atom stereocenters. The molecular formula is C21H28N8O4. The highest BCUT2D eigenvalue weighted by atomic mass is 16.6. The second-order valence-electron chi connectivity index (χ2n) is 8.69. The molecule has 1 saturated carbocycles. The number of nitrogen functional groups attached to an aromatic ring is 1. The van der Waals surface area contributed by atoms with Gasteiger partial charge >= 0.3 is 6.09 Å². The van der Waals surface area contributed by atoms with E-state index in [9.17, 15) is 9.90 Å². The van der Waals surface area contributed by atoms with Crippen LogP contribution < -0.4 is 16.0 Å². The Hall–Kier alpha value is -3.25. The van der Waals surface area contributed by atoms with E-state index < -0.39 is 5.54 Å². The summed E-state index contributed by atoms with van der Waals surface area (Å²) >= 11 is 0. The van der Waals surface area contributed by atoms with Gasteiger partial charge in [-0.15, -0.1) is 0 Å². The summed E-state index contributed by atoms with van der Waals surface area (Å²) in [7, 11) is 0. The SMILES string of the molecule is Nc1ncc(-c2cc(N[C@@]3(CO)CCN(C(=O)OC4CC4)C3)nc(N3CCOCC3)n2)cn1. The molecule has 176 valence electrons. The van der Waals surface area contributed by atoms with Crippen molar-refractivity contribution in [1.29, 1.82) is 0 Å². The predicted octanol–water partition coefficient (Wildman–Crippen LogP) is 0.500. The number of carbonyl (C=O) groups excluding carboxylic acids is 1. The average molecular weight is 457 g/mol. The highest BCUT2D eigenvalue weighted by molar-refractivity contribution is 5.69. The zero-order chi connectivity index (χ0) is 22.8. The first-order chi connectivity index (χ1) is 16.0. The van der Waals surface area contributed by atoms with Crippen molar-refractivity contribution in [3.05, 3.63) is 18.5 Å². The van der Waals surface area contributed by atoms with E-state index >= 15 is 0 Å². The van der Waals surface area contributed by atoms with Crippen LogP contribution in [-0.2, 0) is 9.47 Å². The molecule has 0 aromatic carbocycles. The summed E-state index contributed by atoms with van der Waals surface area (Å²) in [4.78, 5) is 33.7. The topological polar surface area (TPSA) is 152 Å². The Labute approximate surface area is 191 Å². The van der Waals surface area contributed by atoms with Crippen LogP contribution >= 0.6 is 0 Å². The van der Waals surface area contributed by atoms with E-state index in [2.05, 4.69) is 20.2 Å². The van der Waals surface area contributed by atoms with Crippen LogP contribution in [0.3, 0.4) is 0 Å². The van der Waals surface area contributed by atoms with E-state index in [4.69, 9.17) is 25.2 Å². The number of nitrogens with zero attached hydrogens (tertiary/aromatic N) is 6. The number of aromatic nitrogens is 4. The van der Waals surface area contributed by atoms with Crippen molar-refractivity contribution in [2.45, 2.75) is 30.9 Å². The number of nitrogens with one attached hydrogen (secondary N) is 1. The number of aliphatic hydroxyl groups excluding tert-OH is 1. The van der Waals surface area contributed by atoms with Crippen LogP contribution in [0.15, 0.2) is 18.5 Å². The molecule has 2 saturated heterocycles. The van der Waals surface area contributed by atoms with Gasteiger partial charge in [0.1, 0.15) is 11.9 Å². The number of amides is 1. The second kappa shape index (κ2) is 8.94. The number of carbonyl (C=O) groups is 1. The van der Waals surface area contributed by atoms with Crippen LogP contribution in [0.1, 0.15) is 19.3 Å². The van der Waals surface area contributed by atoms with Crippen molar-refractivity contribution in [3.63, 3.8) is 0 Å². The van der Waals surface area contributed by atoms with Gasteiger partial charge in [-0.1, -0.05) is 0 Å². The van der Waals surface area contributed by atoms with E-state index in [0.717, 1.165) is 12.8 Å². The Kier molecular flexibility index (Phi) is 5.85. The van der Waals surface area contributed by atoms with Crippen LogP contribution in [-0.4, -0.2) is 93.7 Å². The Morgan fingerprint density at radius 2 is 2.00 bits per heavy atom. The molecular weight excluding hydrogens is 428 g/mol. The number of nitrogens with two attached hydrogens (primary N) is 1. The molecule has 4 N–H and O–H groups in total. The Morgan fingerprint density at radius 1 is 1.24 bits per heavy atom. The van der Waals surface area contributed by atoms with E-state index in [-0.39, 0.29) is 24.8 Å². The number of morpholine rings is 1.